The molecule has 2 aromatic carbocycles. The van der Waals surface area contributed by atoms with Crippen LogP contribution in [0.4, 0.5) is 5.69 Å². The average Bonchev–Trinajstić information content (AvgIpc) is 2.49. The summed E-state index contributed by atoms with van der Waals surface area (Å²) in [6.45, 7) is 4.44. The van der Waals surface area contributed by atoms with Gasteiger partial charge in [0.15, 0.2) is 0 Å². The molecular formula is C19H24BrN. The van der Waals surface area contributed by atoms with Crippen LogP contribution in [0.2, 0.25) is 0 Å². The van der Waals surface area contributed by atoms with Crippen LogP contribution in [-0.2, 0) is 6.42 Å². The van der Waals surface area contributed by atoms with Gasteiger partial charge in [0, 0.05) is 16.2 Å². The predicted octanol–water partition coefficient (Wildman–Crippen LogP) is 6.35. The fourth-order valence-corrected chi connectivity index (χ4v) is 2.87. The quantitative estimate of drug-likeness (QED) is 0.576. The normalized spacial score (nSPS) is 12.1. The molecule has 1 nitrogen and oxygen atoms in total. The summed E-state index contributed by atoms with van der Waals surface area (Å²) in [4.78, 5) is 0. The lowest BCUT2D eigenvalue weighted by Crippen LogP contribution is -2.06. The van der Waals surface area contributed by atoms with Gasteiger partial charge in [0.2, 0.25) is 0 Å². The predicted molar refractivity (Wildman–Crippen MR) is 95.9 cm³/mol. The summed E-state index contributed by atoms with van der Waals surface area (Å²) >= 11 is 3.53. The first kappa shape index (κ1) is 16.1. The van der Waals surface area contributed by atoms with E-state index in [1.165, 1.54) is 42.5 Å². The minimum absolute atomic E-state index is 0.299. The van der Waals surface area contributed by atoms with Crippen LogP contribution >= 0.6 is 15.9 Å². The average molecular weight is 346 g/mol. The Balaban J connectivity index is 1.93. The summed E-state index contributed by atoms with van der Waals surface area (Å²) in [5, 5.41) is 3.56. The van der Waals surface area contributed by atoms with Gasteiger partial charge in [-0.1, -0.05) is 60.0 Å². The van der Waals surface area contributed by atoms with Crippen LogP contribution < -0.4 is 5.32 Å². The molecule has 2 aromatic rings. The fourth-order valence-electron chi connectivity index (χ4n) is 2.46. The second kappa shape index (κ2) is 8.23. The molecule has 0 saturated carbocycles. The van der Waals surface area contributed by atoms with Crippen molar-refractivity contribution in [3.8, 4) is 0 Å². The van der Waals surface area contributed by atoms with E-state index in [-0.39, 0.29) is 0 Å². The van der Waals surface area contributed by atoms with Gasteiger partial charge in [0.25, 0.3) is 0 Å². The van der Waals surface area contributed by atoms with E-state index in [4.69, 9.17) is 0 Å². The Kier molecular flexibility index (Phi) is 6.31. The highest BCUT2D eigenvalue weighted by Crippen LogP contribution is 2.22. The van der Waals surface area contributed by atoms with Crippen LogP contribution in [0.1, 0.15) is 50.3 Å². The molecule has 1 unspecified atom stereocenters. The minimum atomic E-state index is 0.299. The van der Waals surface area contributed by atoms with Gasteiger partial charge in [-0.05, 0) is 55.2 Å². The van der Waals surface area contributed by atoms with Crippen molar-refractivity contribution in [2.45, 2.75) is 45.6 Å². The molecule has 0 aromatic heterocycles. The molecule has 0 bridgehead atoms. The van der Waals surface area contributed by atoms with Gasteiger partial charge in [-0.25, -0.2) is 0 Å². The molecule has 0 fully saturated rings. The van der Waals surface area contributed by atoms with Gasteiger partial charge in [-0.2, -0.15) is 0 Å². The molecule has 0 aliphatic heterocycles. The maximum atomic E-state index is 3.56. The van der Waals surface area contributed by atoms with Gasteiger partial charge in [-0.3, -0.25) is 0 Å². The second-order valence-corrected chi connectivity index (χ2v) is 6.49. The zero-order chi connectivity index (χ0) is 15.1. The van der Waals surface area contributed by atoms with Crippen molar-refractivity contribution < 1.29 is 0 Å². The molecule has 0 heterocycles. The number of benzene rings is 2. The van der Waals surface area contributed by atoms with E-state index >= 15 is 0 Å². The molecule has 21 heavy (non-hydrogen) atoms. The largest absolute Gasteiger partial charge is 0.379 e. The summed E-state index contributed by atoms with van der Waals surface area (Å²) in [7, 11) is 0. The Labute approximate surface area is 136 Å². The monoisotopic (exact) mass is 345 g/mol. The Hall–Kier alpha value is -1.28. The van der Waals surface area contributed by atoms with E-state index in [0.29, 0.717) is 6.04 Å². The lowest BCUT2D eigenvalue weighted by atomic mass is 10.1. The third-order valence-corrected chi connectivity index (χ3v) is 4.25. The number of nitrogens with one attached hydrogen (secondary N) is 1. The standard InChI is InChI=1S/C19H24BrN/c1-3-4-5-7-16-10-12-19(13-11-16)21-15(2)17-8-6-9-18(20)14-17/h6,8-15,21H,3-5,7H2,1-2H3. The van der Waals surface area contributed by atoms with E-state index in [9.17, 15) is 0 Å². The SMILES string of the molecule is CCCCCc1ccc(NC(C)c2cccc(Br)c2)cc1. The first-order chi connectivity index (χ1) is 10.2. The number of unbranched alkanes of at least 4 members (excludes halogenated alkanes) is 2. The van der Waals surface area contributed by atoms with Gasteiger partial charge in [-0.15, -0.1) is 0 Å². The molecule has 112 valence electrons. The number of anilines is 1. The number of rotatable bonds is 7. The van der Waals surface area contributed by atoms with Crippen molar-refractivity contribution >= 4 is 21.6 Å². The van der Waals surface area contributed by atoms with E-state index < -0.39 is 0 Å². The molecule has 0 aliphatic rings. The van der Waals surface area contributed by atoms with Crippen molar-refractivity contribution in [1.29, 1.82) is 0 Å². The molecule has 0 radical (unpaired) electrons. The van der Waals surface area contributed by atoms with E-state index in [0.717, 1.165) is 4.47 Å². The third kappa shape index (κ3) is 5.20. The number of hydrogen-bond donors (Lipinski definition) is 1. The van der Waals surface area contributed by atoms with Crippen molar-refractivity contribution in [3.05, 3.63) is 64.1 Å². The lowest BCUT2D eigenvalue weighted by molar-refractivity contribution is 0.717. The Morgan fingerprint density at radius 2 is 1.81 bits per heavy atom. The zero-order valence-electron chi connectivity index (χ0n) is 12.9. The minimum Gasteiger partial charge on any atom is -0.379 e. The molecule has 1 atom stereocenters. The number of hydrogen-bond acceptors (Lipinski definition) is 1. The molecule has 0 aliphatic carbocycles. The highest BCUT2D eigenvalue weighted by Gasteiger charge is 2.05. The van der Waals surface area contributed by atoms with Crippen molar-refractivity contribution in [2.24, 2.45) is 0 Å². The first-order valence-electron chi connectivity index (χ1n) is 7.80. The summed E-state index contributed by atoms with van der Waals surface area (Å²) in [6.07, 6.45) is 5.08. The summed E-state index contributed by atoms with van der Waals surface area (Å²) < 4.78 is 1.12. The van der Waals surface area contributed by atoms with Crippen LogP contribution in [0.3, 0.4) is 0 Å². The fraction of sp³-hybridized carbons (Fsp3) is 0.368. The second-order valence-electron chi connectivity index (χ2n) is 5.58. The van der Waals surface area contributed by atoms with Crippen LogP contribution in [0, 0.1) is 0 Å². The topological polar surface area (TPSA) is 12.0 Å². The van der Waals surface area contributed by atoms with Gasteiger partial charge in [0.05, 0.1) is 0 Å². The molecule has 0 spiro atoms. The molecular weight excluding hydrogens is 322 g/mol. The Bertz CT molecular complexity index is 548. The highest BCUT2D eigenvalue weighted by molar-refractivity contribution is 9.10. The highest BCUT2D eigenvalue weighted by atomic mass is 79.9. The van der Waals surface area contributed by atoms with E-state index in [2.05, 4.69) is 83.6 Å². The molecule has 2 rings (SSSR count). The van der Waals surface area contributed by atoms with Crippen LogP contribution in [0.15, 0.2) is 53.0 Å². The van der Waals surface area contributed by atoms with E-state index in [1.54, 1.807) is 0 Å². The maximum Gasteiger partial charge on any atom is 0.0486 e. The Morgan fingerprint density at radius 1 is 1.05 bits per heavy atom. The summed E-state index contributed by atoms with van der Waals surface area (Å²) in [6, 6.07) is 17.6. The van der Waals surface area contributed by atoms with E-state index in [1.807, 2.05) is 0 Å². The first-order valence-corrected chi connectivity index (χ1v) is 8.59. The van der Waals surface area contributed by atoms with Crippen molar-refractivity contribution in [1.82, 2.24) is 0 Å². The van der Waals surface area contributed by atoms with Gasteiger partial charge >= 0.3 is 0 Å². The molecule has 1 N–H and O–H groups in total. The Morgan fingerprint density at radius 3 is 2.48 bits per heavy atom. The van der Waals surface area contributed by atoms with Crippen molar-refractivity contribution in [3.63, 3.8) is 0 Å². The number of aryl methyl sites for hydroxylation is 1. The van der Waals surface area contributed by atoms with Crippen LogP contribution in [0.5, 0.6) is 0 Å². The van der Waals surface area contributed by atoms with Crippen LogP contribution in [0.25, 0.3) is 0 Å². The summed E-state index contributed by atoms with van der Waals surface area (Å²) in [5.41, 5.74) is 3.90. The van der Waals surface area contributed by atoms with Gasteiger partial charge < -0.3 is 5.32 Å². The zero-order valence-corrected chi connectivity index (χ0v) is 14.5. The molecule has 0 amide bonds. The smallest absolute Gasteiger partial charge is 0.0486 e. The van der Waals surface area contributed by atoms with Gasteiger partial charge in [0.1, 0.15) is 0 Å². The summed E-state index contributed by atoms with van der Waals surface area (Å²) in [5.74, 6) is 0. The lowest BCUT2D eigenvalue weighted by Gasteiger charge is -2.16. The molecule has 0 saturated heterocycles. The number of halogens is 1. The van der Waals surface area contributed by atoms with Crippen molar-refractivity contribution in [2.75, 3.05) is 5.32 Å². The van der Waals surface area contributed by atoms with Crippen LogP contribution in [-0.4, -0.2) is 0 Å². The maximum absolute atomic E-state index is 3.56. The molecule has 2 heteroatoms. The third-order valence-electron chi connectivity index (χ3n) is 3.75.